The fraction of sp³-hybridized carbons (Fsp3) is 0.0769. The van der Waals surface area contributed by atoms with Gasteiger partial charge >= 0.3 is 0 Å². The summed E-state index contributed by atoms with van der Waals surface area (Å²) in [5, 5.41) is 9.03. The number of benzene rings is 1. The maximum absolute atomic E-state index is 9.03. The molecule has 72 valence electrons. The normalized spacial score (nSPS) is 9.60. The summed E-state index contributed by atoms with van der Waals surface area (Å²) < 4.78 is 0. The molecule has 15 heavy (non-hydrogen) atoms. The molecule has 0 radical (unpaired) electrons. The van der Waals surface area contributed by atoms with Gasteiger partial charge in [-0.1, -0.05) is 18.2 Å². The molecule has 0 atom stereocenters. The van der Waals surface area contributed by atoms with E-state index in [1.807, 2.05) is 37.3 Å². The summed E-state index contributed by atoms with van der Waals surface area (Å²) >= 11 is 0. The lowest BCUT2D eigenvalue weighted by molar-refractivity contribution is 1.32. The number of aryl methyl sites for hydroxylation is 1. The Morgan fingerprint density at radius 1 is 1.27 bits per heavy atom. The number of nitriles is 1. The van der Waals surface area contributed by atoms with Crippen LogP contribution in [0.25, 0.3) is 11.1 Å². The van der Waals surface area contributed by atoms with Gasteiger partial charge in [-0.05, 0) is 24.6 Å². The highest BCUT2D eigenvalue weighted by atomic mass is 14.6. The molecule has 1 aromatic carbocycles. The van der Waals surface area contributed by atoms with E-state index in [0.717, 1.165) is 16.7 Å². The predicted octanol–water partition coefficient (Wildman–Crippen LogP) is 2.93. The van der Waals surface area contributed by atoms with Gasteiger partial charge in [0, 0.05) is 23.5 Å². The van der Waals surface area contributed by atoms with Crippen LogP contribution >= 0.6 is 0 Å². The monoisotopic (exact) mass is 194 g/mol. The lowest BCUT2D eigenvalue weighted by Crippen LogP contribution is -1.86. The Morgan fingerprint density at radius 2 is 2.13 bits per heavy atom. The molecule has 0 aliphatic carbocycles. The van der Waals surface area contributed by atoms with Crippen LogP contribution < -0.4 is 0 Å². The van der Waals surface area contributed by atoms with Crippen LogP contribution in [0.1, 0.15) is 11.1 Å². The third-order valence-corrected chi connectivity index (χ3v) is 2.27. The van der Waals surface area contributed by atoms with Crippen LogP contribution in [-0.2, 0) is 0 Å². The molecular weight excluding hydrogens is 184 g/mol. The fourth-order valence-corrected chi connectivity index (χ4v) is 1.52. The molecule has 0 aliphatic heterocycles. The zero-order valence-electron chi connectivity index (χ0n) is 8.44. The zero-order chi connectivity index (χ0) is 10.7. The first-order valence-corrected chi connectivity index (χ1v) is 4.72. The van der Waals surface area contributed by atoms with E-state index in [0.29, 0.717) is 5.56 Å². The maximum Gasteiger partial charge on any atom is 0.0998 e. The van der Waals surface area contributed by atoms with Gasteiger partial charge in [0.2, 0.25) is 0 Å². The second kappa shape index (κ2) is 3.93. The smallest absolute Gasteiger partial charge is 0.0998 e. The lowest BCUT2D eigenvalue weighted by Gasteiger charge is -2.04. The minimum atomic E-state index is 0.697. The van der Waals surface area contributed by atoms with E-state index in [-0.39, 0.29) is 0 Å². The molecule has 1 aromatic heterocycles. The van der Waals surface area contributed by atoms with Gasteiger partial charge in [0.05, 0.1) is 11.6 Å². The van der Waals surface area contributed by atoms with E-state index in [4.69, 9.17) is 5.26 Å². The molecule has 0 unspecified atom stereocenters. The molecular formula is C13H10N2. The highest BCUT2D eigenvalue weighted by Crippen LogP contribution is 2.22. The van der Waals surface area contributed by atoms with Gasteiger partial charge in [-0.15, -0.1) is 0 Å². The Bertz CT molecular complexity index is 510. The quantitative estimate of drug-likeness (QED) is 0.699. The Kier molecular flexibility index (Phi) is 2.47. The van der Waals surface area contributed by atoms with Crippen LogP contribution in [0.2, 0.25) is 0 Å². The van der Waals surface area contributed by atoms with Crippen molar-refractivity contribution in [2.24, 2.45) is 0 Å². The predicted molar refractivity (Wildman–Crippen MR) is 59.1 cm³/mol. The highest BCUT2D eigenvalue weighted by molar-refractivity contribution is 5.70. The fourth-order valence-electron chi connectivity index (χ4n) is 1.52. The van der Waals surface area contributed by atoms with Crippen molar-refractivity contribution >= 4 is 0 Å². The Hall–Kier alpha value is -2.14. The number of pyridine rings is 1. The van der Waals surface area contributed by atoms with Crippen LogP contribution in [0.5, 0.6) is 0 Å². The van der Waals surface area contributed by atoms with Crippen LogP contribution in [0, 0.1) is 18.3 Å². The Morgan fingerprint density at radius 3 is 2.80 bits per heavy atom. The van der Waals surface area contributed by atoms with Crippen LogP contribution in [-0.4, -0.2) is 4.98 Å². The lowest BCUT2D eigenvalue weighted by atomic mass is 10.00. The summed E-state index contributed by atoms with van der Waals surface area (Å²) in [7, 11) is 0. The summed E-state index contributed by atoms with van der Waals surface area (Å²) in [5.41, 5.74) is 3.72. The largest absolute Gasteiger partial charge is 0.264 e. The van der Waals surface area contributed by atoms with Gasteiger partial charge in [-0.25, -0.2) is 0 Å². The van der Waals surface area contributed by atoms with Crippen LogP contribution in [0.4, 0.5) is 0 Å². The zero-order valence-corrected chi connectivity index (χ0v) is 8.44. The summed E-state index contributed by atoms with van der Waals surface area (Å²) in [6.45, 7) is 1.98. The molecule has 0 N–H and O–H groups in total. The van der Waals surface area contributed by atoms with Crippen LogP contribution in [0.3, 0.4) is 0 Å². The molecule has 2 nitrogen and oxygen atoms in total. The van der Waals surface area contributed by atoms with Gasteiger partial charge in [-0.2, -0.15) is 5.26 Å². The van der Waals surface area contributed by atoms with Gasteiger partial charge in [-0.3, -0.25) is 4.98 Å². The molecule has 0 bridgehead atoms. The van der Waals surface area contributed by atoms with E-state index in [1.165, 1.54) is 0 Å². The topological polar surface area (TPSA) is 36.7 Å². The molecule has 2 heteroatoms. The number of rotatable bonds is 1. The Balaban J connectivity index is 2.60. The maximum atomic E-state index is 9.03. The van der Waals surface area contributed by atoms with E-state index in [1.54, 1.807) is 12.4 Å². The molecule has 0 amide bonds. The second-order valence-electron chi connectivity index (χ2n) is 3.40. The number of aromatic nitrogens is 1. The van der Waals surface area contributed by atoms with Crippen molar-refractivity contribution in [3.63, 3.8) is 0 Å². The minimum absolute atomic E-state index is 0.697. The molecule has 0 saturated heterocycles. The van der Waals surface area contributed by atoms with Crippen molar-refractivity contribution < 1.29 is 0 Å². The number of hydrogen-bond donors (Lipinski definition) is 0. The first kappa shape index (κ1) is 9.42. The average molecular weight is 194 g/mol. The van der Waals surface area contributed by atoms with E-state index >= 15 is 0 Å². The highest BCUT2D eigenvalue weighted by Gasteiger charge is 2.04. The van der Waals surface area contributed by atoms with Crippen molar-refractivity contribution in [3.05, 3.63) is 53.9 Å². The molecule has 2 rings (SSSR count). The van der Waals surface area contributed by atoms with Gasteiger partial charge in [0.25, 0.3) is 0 Å². The number of hydrogen-bond acceptors (Lipinski definition) is 2. The molecule has 2 aromatic rings. The van der Waals surface area contributed by atoms with Gasteiger partial charge in [0.15, 0.2) is 0 Å². The van der Waals surface area contributed by atoms with E-state index in [2.05, 4.69) is 11.1 Å². The summed E-state index contributed by atoms with van der Waals surface area (Å²) in [6.07, 6.45) is 3.50. The van der Waals surface area contributed by atoms with Gasteiger partial charge < -0.3 is 0 Å². The SMILES string of the molecule is Cc1ccc(-c2cccnc2)c(C#N)c1. The van der Waals surface area contributed by atoms with Gasteiger partial charge in [0.1, 0.15) is 0 Å². The van der Waals surface area contributed by atoms with Crippen molar-refractivity contribution in [2.45, 2.75) is 6.92 Å². The molecule has 0 spiro atoms. The third-order valence-electron chi connectivity index (χ3n) is 2.27. The first-order valence-electron chi connectivity index (χ1n) is 4.72. The second-order valence-corrected chi connectivity index (χ2v) is 3.40. The third kappa shape index (κ3) is 1.87. The summed E-state index contributed by atoms with van der Waals surface area (Å²) in [6, 6.07) is 11.9. The van der Waals surface area contributed by atoms with Crippen molar-refractivity contribution in [2.75, 3.05) is 0 Å². The van der Waals surface area contributed by atoms with E-state index < -0.39 is 0 Å². The standard InChI is InChI=1S/C13H10N2/c1-10-4-5-13(12(7-10)8-14)11-3-2-6-15-9-11/h2-7,9H,1H3. The molecule has 1 heterocycles. The van der Waals surface area contributed by atoms with Crippen LogP contribution in [0.15, 0.2) is 42.7 Å². The molecule has 0 aliphatic rings. The molecule has 0 saturated carbocycles. The van der Waals surface area contributed by atoms with Crippen molar-refractivity contribution in [1.29, 1.82) is 5.26 Å². The summed E-state index contributed by atoms with van der Waals surface area (Å²) in [5.74, 6) is 0. The minimum Gasteiger partial charge on any atom is -0.264 e. The van der Waals surface area contributed by atoms with E-state index in [9.17, 15) is 0 Å². The first-order chi connectivity index (χ1) is 7.31. The average Bonchev–Trinajstić information content (AvgIpc) is 2.30. The van der Waals surface area contributed by atoms with Crippen molar-refractivity contribution in [3.8, 4) is 17.2 Å². The summed E-state index contributed by atoms with van der Waals surface area (Å²) in [4.78, 5) is 4.05. The Labute approximate surface area is 88.8 Å². The molecule has 0 fully saturated rings. The number of nitrogens with zero attached hydrogens (tertiary/aromatic N) is 2. The van der Waals surface area contributed by atoms with Crippen molar-refractivity contribution in [1.82, 2.24) is 4.98 Å².